The first kappa shape index (κ1) is 18.5. The normalized spacial score (nSPS) is 15.0. The van der Waals surface area contributed by atoms with E-state index in [2.05, 4.69) is 47.3 Å². The molecule has 1 atom stereocenters. The van der Waals surface area contributed by atoms with Gasteiger partial charge in [-0.05, 0) is 62.8 Å². The smallest absolute Gasteiger partial charge is 0.325 e. The zero-order chi connectivity index (χ0) is 19.1. The number of H-pyrrole nitrogens is 1. The van der Waals surface area contributed by atoms with E-state index in [1.54, 1.807) is 10.7 Å². The van der Waals surface area contributed by atoms with Crippen LogP contribution in [-0.2, 0) is 0 Å². The van der Waals surface area contributed by atoms with Crippen LogP contribution in [0.1, 0.15) is 18.7 Å². The first-order chi connectivity index (χ1) is 13.0. The molecule has 0 unspecified atom stereocenters. The highest BCUT2D eigenvalue weighted by Crippen LogP contribution is 2.35. The predicted molar refractivity (Wildman–Crippen MR) is 112 cm³/mol. The number of fused-ring (bicyclic) bond motifs is 3. The number of benzene rings is 2. The molecule has 0 spiro atoms. The van der Waals surface area contributed by atoms with Gasteiger partial charge < -0.3 is 10.4 Å². The van der Waals surface area contributed by atoms with E-state index in [-0.39, 0.29) is 17.5 Å². The van der Waals surface area contributed by atoms with Crippen molar-refractivity contribution in [1.82, 2.24) is 10.1 Å². The highest BCUT2D eigenvalue weighted by atomic mass is 79.9. The average molecular weight is 511 g/mol. The van der Waals surface area contributed by atoms with Gasteiger partial charge in [-0.1, -0.05) is 34.6 Å². The largest absolute Gasteiger partial charge is 0.507 e. The van der Waals surface area contributed by atoms with Gasteiger partial charge in [-0.3, -0.25) is 9.78 Å². The van der Waals surface area contributed by atoms with Crippen molar-refractivity contribution in [2.24, 2.45) is 0 Å². The lowest BCUT2D eigenvalue weighted by Gasteiger charge is -2.22. The summed E-state index contributed by atoms with van der Waals surface area (Å²) in [6.45, 7) is 2.01. The molecule has 0 saturated heterocycles. The van der Waals surface area contributed by atoms with E-state index in [9.17, 15) is 9.90 Å². The third-order valence-corrected chi connectivity index (χ3v) is 6.08. The lowest BCUT2D eigenvalue weighted by atomic mass is 10.0. The fraction of sp³-hybridized carbons (Fsp3) is 0.167. The maximum atomic E-state index is 12.9. The molecule has 9 heteroatoms. The molecule has 6 nitrogen and oxygen atoms in total. The Morgan fingerprint density at radius 1 is 1.26 bits per heavy atom. The topological polar surface area (TPSA) is 81.9 Å². The molecule has 0 fully saturated rings. The van der Waals surface area contributed by atoms with Crippen LogP contribution in [0, 0.1) is 0 Å². The first-order valence-corrected chi connectivity index (χ1v) is 10.8. The number of anilines is 1. The summed E-state index contributed by atoms with van der Waals surface area (Å²) < 4.78 is 3.18. The number of aromatic nitrogens is 3. The van der Waals surface area contributed by atoms with Crippen LogP contribution in [0.15, 0.2) is 55.3 Å². The highest BCUT2D eigenvalue weighted by Gasteiger charge is 2.38. The van der Waals surface area contributed by atoms with E-state index in [0.717, 1.165) is 27.0 Å². The molecule has 4 rings (SSSR count). The SMILES string of the molecule is CCSc1n[n+]2c(c(=O)[nH]1)-c1cc(Br)ccc1N[C@@H]2c1ccc(O)c(Br)c1. The second-order valence-corrected chi connectivity index (χ2v) is 8.96. The van der Waals surface area contributed by atoms with Crippen molar-refractivity contribution >= 4 is 49.3 Å². The molecular formula is C18H15Br2N4O2S+. The van der Waals surface area contributed by atoms with Gasteiger partial charge >= 0.3 is 11.3 Å². The predicted octanol–water partition coefficient (Wildman–Crippen LogP) is 4.04. The quantitative estimate of drug-likeness (QED) is 0.366. The number of thioether (sulfide) groups is 1. The van der Waals surface area contributed by atoms with Crippen molar-refractivity contribution in [2.45, 2.75) is 18.2 Å². The molecule has 2 heterocycles. The molecule has 138 valence electrons. The molecule has 3 N–H and O–H groups in total. The zero-order valence-corrected chi connectivity index (χ0v) is 18.2. The van der Waals surface area contributed by atoms with Gasteiger partial charge in [0.15, 0.2) is 0 Å². The van der Waals surface area contributed by atoms with E-state index in [4.69, 9.17) is 0 Å². The number of nitrogens with zero attached hydrogens (tertiary/aromatic N) is 2. The van der Waals surface area contributed by atoms with Crippen LogP contribution in [0.4, 0.5) is 5.69 Å². The maximum Gasteiger partial charge on any atom is 0.325 e. The number of hydrogen-bond acceptors (Lipinski definition) is 5. The Balaban J connectivity index is 1.97. The number of aromatic amines is 1. The number of phenols is 1. The van der Waals surface area contributed by atoms with Crippen LogP contribution < -0.4 is 15.6 Å². The Bertz CT molecular complexity index is 1100. The molecule has 0 radical (unpaired) electrons. The summed E-state index contributed by atoms with van der Waals surface area (Å²) >= 11 is 8.31. The summed E-state index contributed by atoms with van der Waals surface area (Å²) in [5.74, 6) is 0.956. The maximum absolute atomic E-state index is 12.9. The molecule has 1 aliphatic rings. The van der Waals surface area contributed by atoms with Gasteiger partial charge in [-0.2, -0.15) is 0 Å². The Hall–Kier alpha value is -1.84. The van der Waals surface area contributed by atoms with E-state index in [1.165, 1.54) is 11.8 Å². The van der Waals surface area contributed by atoms with Gasteiger partial charge in [-0.15, -0.1) is 0 Å². The molecule has 27 heavy (non-hydrogen) atoms. The van der Waals surface area contributed by atoms with Gasteiger partial charge in [0, 0.05) is 15.1 Å². The highest BCUT2D eigenvalue weighted by molar-refractivity contribution is 9.10. The minimum Gasteiger partial charge on any atom is -0.507 e. The summed E-state index contributed by atoms with van der Waals surface area (Å²) in [6, 6.07) is 11.0. The van der Waals surface area contributed by atoms with Gasteiger partial charge in [0.1, 0.15) is 5.75 Å². The zero-order valence-electron chi connectivity index (χ0n) is 14.2. The van der Waals surface area contributed by atoms with Crippen LogP contribution in [-0.4, -0.2) is 20.9 Å². The summed E-state index contributed by atoms with van der Waals surface area (Å²) in [5.41, 5.74) is 2.78. The van der Waals surface area contributed by atoms with Crippen molar-refractivity contribution in [3.8, 4) is 17.0 Å². The van der Waals surface area contributed by atoms with Gasteiger partial charge in [0.25, 0.3) is 6.17 Å². The fourth-order valence-electron chi connectivity index (χ4n) is 3.03. The van der Waals surface area contributed by atoms with Gasteiger partial charge in [-0.25, -0.2) is 0 Å². The van der Waals surface area contributed by atoms with Crippen LogP contribution in [0.5, 0.6) is 5.75 Å². The third kappa shape index (κ3) is 3.39. The number of halogens is 2. The Kier molecular flexibility index (Phi) is 5.00. The van der Waals surface area contributed by atoms with Gasteiger partial charge in [0.05, 0.1) is 15.7 Å². The Morgan fingerprint density at radius 2 is 2.07 bits per heavy atom. The molecule has 1 aromatic heterocycles. The minimum absolute atomic E-state index is 0.158. The average Bonchev–Trinajstić information content (AvgIpc) is 2.63. The van der Waals surface area contributed by atoms with E-state index in [0.29, 0.717) is 15.3 Å². The van der Waals surface area contributed by atoms with Crippen molar-refractivity contribution in [2.75, 3.05) is 11.1 Å². The van der Waals surface area contributed by atoms with Crippen LogP contribution >= 0.6 is 43.6 Å². The number of nitrogens with one attached hydrogen (secondary N) is 2. The van der Waals surface area contributed by atoms with Crippen molar-refractivity contribution < 1.29 is 9.79 Å². The molecule has 3 aromatic rings. The van der Waals surface area contributed by atoms with Crippen molar-refractivity contribution in [1.29, 1.82) is 0 Å². The first-order valence-electron chi connectivity index (χ1n) is 8.21. The number of hydrogen-bond donors (Lipinski definition) is 3. The third-order valence-electron chi connectivity index (χ3n) is 4.21. The number of aromatic hydroxyl groups is 1. The van der Waals surface area contributed by atoms with Crippen molar-refractivity contribution in [3.05, 3.63) is 61.3 Å². The fourth-order valence-corrected chi connectivity index (χ4v) is 4.37. The molecule has 0 bridgehead atoms. The Labute approximate surface area is 176 Å². The summed E-state index contributed by atoms with van der Waals surface area (Å²) in [7, 11) is 0. The van der Waals surface area contributed by atoms with E-state index < -0.39 is 0 Å². The Morgan fingerprint density at radius 3 is 2.81 bits per heavy atom. The molecule has 0 saturated carbocycles. The molecule has 0 amide bonds. The molecular weight excluding hydrogens is 496 g/mol. The second-order valence-electron chi connectivity index (χ2n) is 5.93. The summed E-state index contributed by atoms with van der Waals surface area (Å²) in [4.78, 5) is 15.8. The lowest BCUT2D eigenvalue weighted by molar-refractivity contribution is -0.759. The van der Waals surface area contributed by atoms with Crippen molar-refractivity contribution in [3.63, 3.8) is 0 Å². The lowest BCUT2D eigenvalue weighted by Crippen LogP contribution is -2.55. The van der Waals surface area contributed by atoms with Crippen LogP contribution in [0.3, 0.4) is 0 Å². The van der Waals surface area contributed by atoms with Crippen LogP contribution in [0.25, 0.3) is 11.3 Å². The minimum atomic E-state index is -0.385. The summed E-state index contributed by atoms with van der Waals surface area (Å²) in [5, 5.41) is 18.5. The molecule has 1 aliphatic heterocycles. The van der Waals surface area contributed by atoms with Gasteiger partial charge in [0.2, 0.25) is 5.16 Å². The standard InChI is InChI=1S/C18H14Br2N4O2S/c1-2-27-18-22-17(26)15-11-8-10(19)4-5-13(11)21-16(24(15)23-18)9-3-6-14(25)12(20)7-9/h3-8,16H,2H2,1H3,(H2,22,23,25,26)/p+1/t16-/m0/s1. The second kappa shape index (κ2) is 7.29. The van der Waals surface area contributed by atoms with E-state index in [1.807, 2.05) is 37.3 Å². The summed E-state index contributed by atoms with van der Waals surface area (Å²) in [6.07, 6.45) is -0.385. The number of phenolic OH excluding ortho intramolecular Hbond substituents is 1. The molecule has 0 aliphatic carbocycles. The monoisotopic (exact) mass is 509 g/mol. The molecule has 2 aromatic carbocycles. The number of rotatable bonds is 3. The van der Waals surface area contributed by atoms with E-state index >= 15 is 0 Å². The van der Waals surface area contributed by atoms with Crippen LogP contribution in [0.2, 0.25) is 0 Å².